The molecule has 0 atom stereocenters. The Morgan fingerprint density at radius 3 is 2.33 bits per heavy atom. The van der Waals surface area contributed by atoms with E-state index in [1.54, 1.807) is 36.4 Å². The Morgan fingerprint density at radius 2 is 1.68 bits per heavy atom. The molecular weight excluding hydrogens is 556 g/mol. The summed E-state index contributed by atoms with van der Waals surface area (Å²) in [5.74, 6) is -0.531. The van der Waals surface area contributed by atoms with E-state index in [-0.39, 0.29) is 30.5 Å². The standard InChI is InChI=1S/C29H25F6NO3S/c1-3-38-27(37)26-18(2)23-16-22(11-12-25(23)39-26)40-36(14-13-19-7-5-4-6-8-19)17-20-9-10-21(28(30,31)32)15-24(20)29(33,34)35/h4-12,15-16H,3,13-14,17H2,1-2H3. The fourth-order valence-electron chi connectivity index (χ4n) is 4.20. The third kappa shape index (κ3) is 7.00. The quantitative estimate of drug-likeness (QED) is 0.112. The van der Waals surface area contributed by atoms with E-state index in [9.17, 15) is 31.1 Å². The topological polar surface area (TPSA) is 42.7 Å². The van der Waals surface area contributed by atoms with Crippen molar-refractivity contribution in [3.8, 4) is 0 Å². The first-order valence-corrected chi connectivity index (χ1v) is 13.1. The number of esters is 1. The molecule has 4 nitrogen and oxygen atoms in total. The Morgan fingerprint density at radius 1 is 0.950 bits per heavy atom. The lowest BCUT2D eigenvalue weighted by atomic mass is 10.0. The molecule has 0 fully saturated rings. The summed E-state index contributed by atoms with van der Waals surface area (Å²) in [5.41, 5.74) is -0.988. The summed E-state index contributed by atoms with van der Waals surface area (Å²) in [6.45, 7) is 3.61. The van der Waals surface area contributed by atoms with Crippen LogP contribution in [0.25, 0.3) is 11.0 Å². The van der Waals surface area contributed by atoms with Crippen molar-refractivity contribution in [1.82, 2.24) is 4.31 Å². The van der Waals surface area contributed by atoms with Crippen molar-refractivity contribution in [1.29, 1.82) is 0 Å². The van der Waals surface area contributed by atoms with Crippen LogP contribution in [0.1, 0.15) is 45.3 Å². The number of carbonyl (C=O) groups is 1. The number of hydrogen-bond acceptors (Lipinski definition) is 5. The zero-order valence-electron chi connectivity index (χ0n) is 21.5. The van der Waals surface area contributed by atoms with Crippen LogP contribution in [0.3, 0.4) is 0 Å². The lowest BCUT2D eigenvalue weighted by Gasteiger charge is -2.24. The summed E-state index contributed by atoms with van der Waals surface area (Å²) in [6.07, 6.45) is -9.38. The second-order valence-corrected chi connectivity index (χ2v) is 10.2. The number of rotatable bonds is 9. The maximum atomic E-state index is 13.8. The van der Waals surface area contributed by atoms with Gasteiger partial charge in [-0.1, -0.05) is 36.4 Å². The number of hydrogen-bond donors (Lipinski definition) is 0. The van der Waals surface area contributed by atoms with Crippen molar-refractivity contribution in [2.75, 3.05) is 13.2 Å². The molecule has 0 radical (unpaired) electrons. The number of alkyl halides is 6. The minimum Gasteiger partial charge on any atom is -0.460 e. The van der Waals surface area contributed by atoms with Gasteiger partial charge in [0.25, 0.3) is 0 Å². The first kappa shape index (κ1) is 29.5. The molecule has 0 N–H and O–H groups in total. The number of nitrogens with zero attached hydrogens (tertiary/aromatic N) is 1. The van der Waals surface area contributed by atoms with Gasteiger partial charge in [0.1, 0.15) is 5.58 Å². The molecule has 0 spiro atoms. The largest absolute Gasteiger partial charge is 0.460 e. The molecule has 0 aliphatic heterocycles. The zero-order valence-corrected chi connectivity index (χ0v) is 22.3. The van der Waals surface area contributed by atoms with E-state index in [1.165, 1.54) is 11.9 Å². The van der Waals surface area contributed by atoms with Crippen LogP contribution < -0.4 is 0 Å². The second-order valence-electron chi connectivity index (χ2n) is 8.99. The predicted molar refractivity (Wildman–Crippen MR) is 140 cm³/mol. The molecule has 0 saturated carbocycles. The van der Waals surface area contributed by atoms with Crippen LogP contribution in [-0.2, 0) is 30.1 Å². The number of benzene rings is 3. The summed E-state index contributed by atoms with van der Waals surface area (Å²) in [4.78, 5) is 12.9. The number of fused-ring (bicyclic) bond motifs is 1. The molecule has 3 aromatic carbocycles. The van der Waals surface area contributed by atoms with Crippen molar-refractivity contribution in [3.63, 3.8) is 0 Å². The Labute approximate surface area is 231 Å². The van der Waals surface area contributed by atoms with E-state index in [0.29, 0.717) is 40.5 Å². The molecular formula is C29H25F6NO3S. The molecule has 4 rings (SSSR count). The predicted octanol–water partition coefficient (Wildman–Crippen LogP) is 8.71. The lowest BCUT2D eigenvalue weighted by molar-refractivity contribution is -0.143. The summed E-state index contributed by atoms with van der Waals surface area (Å²) in [6, 6.07) is 16.2. The van der Waals surface area contributed by atoms with Crippen molar-refractivity contribution in [2.24, 2.45) is 0 Å². The molecule has 0 aliphatic carbocycles. The van der Waals surface area contributed by atoms with Crippen LogP contribution >= 0.6 is 11.9 Å². The van der Waals surface area contributed by atoms with Crippen LogP contribution in [0.4, 0.5) is 26.3 Å². The highest BCUT2D eigenvalue weighted by Crippen LogP contribution is 2.39. The van der Waals surface area contributed by atoms with Gasteiger partial charge < -0.3 is 9.15 Å². The van der Waals surface area contributed by atoms with E-state index in [1.807, 2.05) is 30.3 Å². The molecule has 0 saturated heterocycles. The number of carbonyl (C=O) groups excluding carboxylic acids is 1. The monoisotopic (exact) mass is 581 g/mol. The molecule has 40 heavy (non-hydrogen) atoms. The number of furan rings is 1. The van der Waals surface area contributed by atoms with Gasteiger partial charge in [-0.25, -0.2) is 9.10 Å². The van der Waals surface area contributed by atoms with Gasteiger partial charge >= 0.3 is 18.3 Å². The van der Waals surface area contributed by atoms with Gasteiger partial charge in [0.2, 0.25) is 5.76 Å². The number of ether oxygens (including phenoxy) is 1. The average Bonchev–Trinajstić information content (AvgIpc) is 3.23. The van der Waals surface area contributed by atoms with E-state index in [4.69, 9.17) is 9.15 Å². The Bertz CT molecular complexity index is 1480. The van der Waals surface area contributed by atoms with Gasteiger partial charge in [-0.2, -0.15) is 26.3 Å². The Hall–Kier alpha value is -3.44. The van der Waals surface area contributed by atoms with Crippen molar-refractivity contribution >= 4 is 28.9 Å². The third-order valence-corrected chi connectivity index (χ3v) is 7.22. The fraction of sp³-hybridized carbons (Fsp3) is 0.276. The zero-order chi connectivity index (χ0) is 29.1. The second kappa shape index (κ2) is 12.0. The first-order chi connectivity index (χ1) is 18.9. The van der Waals surface area contributed by atoms with E-state index >= 15 is 0 Å². The lowest BCUT2D eigenvalue weighted by Crippen LogP contribution is -2.22. The van der Waals surface area contributed by atoms with Gasteiger partial charge in [-0.3, -0.25) is 0 Å². The SMILES string of the molecule is CCOC(=O)c1oc2ccc(SN(CCc3ccccc3)Cc3ccc(C(F)(F)F)cc3C(F)(F)F)cc2c1C. The van der Waals surface area contributed by atoms with Gasteiger partial charge in [-0.15, -0.1) is 0 Å². The van der Waals surface area contributed by atoms with Gasteiger partial charge in [0.15, 0.2) is 0 Å². The van der Waals surface area contributed by atoms with E-state index in [2.05, 4.69) is 0 Å². The van der Waals surface area contributed by atoms with Crippen molar-refractivity contribution in [3.05, 3.63) is 100 Å². The maximum absolute atomic E-state index is 13.8. The third-order valence-electron chi connectivity index (χ3n) is 6.18. The maximum Gasteiger partial charge on any atom is 0.416 e. The van der Waals surface area contributed by atoms with Crippen LogP contribution in [-0.4, -0.2) is 23.4 Å². The van der Waals surface area contributed by atoms with E-state index in [0.717, 1.165) is 11.6 Å². The summed E-state index contributed by atoms with van der Waals surface area (Å²) in [7, 11) is 0. The van der Waals surface area contributed by atoms with Crippen LogP contribution in [0.5, 0.6) is 0 Å². The molecule has 0 bridgehead atoms. The number of aryl methyl sites for hydroxylation is 1. The normalized spacial score (nSPS) is 12.3. The Kier molecular flexibility index (Phi) is 8.84. The highest BCUT2D eigenvalue weighted by atomic mass is 32.2. The minimum absolute atomic E-state index is 0.0690. The molecule has 1 heterocycles. The smallest absolute Gasteiger partial charge is 0.416 e. The highest BCUT2D eigenvalue weighted by molar-refractivity contribution is 7.97. The summed E-state index contributed by atoms with van der Waals surface area (Å²) < 4.78 is 93.4. The summed E-state index contributed by atoms with van der Waals surface area (Å²) >= 11 is 1.17. The minimum atomic E-state index is -4.97. The first-order valence-electron chi connectivity index (χ1n) is 12.3. The molecule has 0 aliphatic rings. The molecule has 0 amide bonds. The van der Waals surface area contributed by atoms with Crippen LogP contribution in [0.15, 0.2) is 76.0 Å². The Balaban J connectivity index is 1.67. The van der Waals surface area contributed by atoms with Gasteiger partial charge in [0, 0.05) is 28.9 Å². The van der Waals surface area contributed by atoms with Gasteiger partial charge in [0.05, 0.1) is 17.7 Å². The van der Waals surface area contributed by atoms with Crippen molar-refractivity contribution < 1.29 is 40.3 Å². The van der Waals surface area contributed by atoms with Crippen molar-refractivity contribution in [2.45, 2.75) is 44.1 Å². The molecule has 11 heteroatoms. The highest BCUT2D eigenvalue weighted by Gasteiger charge is 2.38. The van der Waals surface area contributed by atoms with Gasteiger partial charge in [-0.05, 0) is 73.7 Å². The molecule has 212 valence electrons. The van der Waals surface area contributed by atoms with E-state index < -0.39 is 29.4 Å². The summed E-state index contributed by atoms with van der Waals surface area (Å²) in [5, 5.41) is 0.640. The average molecular weight is 582 g/mol. The van der Waals surface area contributed by atoms with Crippen LogP contribution in [0, 0.1) is 6.92 Å². The fourth-order valence-corrected chi connectivity index (χ4v) is 5.18. The number of halogens is 6. The van der Waals surface area contributed by atoms with Crippen LogP contribution in [0.2, 0.25) is 0 Å². The molecule has 0 unspecified atom stereocenters. The molecule has 1 aromatic heterocycles. The molecule has 4 aromatic rings.